The number of halogens is 1. The second kappa shape index (κ2) is 7.09. The minimum Gasteiger partial charge on any atom is -0.372 e. The maximum Gasteiger partial charge on any atom is 0.248 e. The first kappa shape index (κ1) is 13.7. The SMILES string of the molecule is CCCOCC(=O)N1CC(C)OC(CCl)C1. The lowest BCUT2D eigenvalue weighted by molar-refractivity contribution is -0.147. The molecule has 1 saturated heterocycles. The predicted molar refractivity (Wildman–Crippen MR) is 62.7 cm³/mol. The van der Waals surface area contributed by atoms with Crippen molar-refractivity contribution in [3.05, 3.63) is 0 Å². The predicted octanol–water partition coefficient (Wildman–Crippen LogP) is 1.27. The molecule has 0 aromatic heterocycles. The van der Waals surface area contributed by atoms with E-state index in [9.17, 15) is 4.79 Å². The molecule has 4 nitrogen and oxygen atoms in total. The van der Waals surface area contributed by atoms with Crippen LogP contribution in [-0.2, 0) is 14.3 Å². The van der Waals surface area contributed by atoms with E-state index in [0.29, 0.717) is 25.6 Å². The highest BCUT2D eigenvalue weighted by Crippen LogP contribution is 2.12. The molecule has 2 atom stereocenters. The van der Waals surface area contributed by atoms with Crippen LogP contribution >= 0.6 is 11.6 Å². The molecule has 1 aliphatic heterocycles. The number of rotatable bonds is 5. The Bertz CT molecular complexity index is 225. The molecule has 1 aliphatic rings. The van der Waals surface area contributed by atoms with Gasteiger partial charge in [0.15, 0.2) is 0 Å². The number of carbonyl (C=O) groups excluding carboxylic acids is 1. The van der Waals surface area contributed by atoms with Crippen LogP contribution in [0.2, 0.25) is 0 Å². The lowest BCUT2D eigenvalue weighted by atomic mass is 10.2. The van der Waals surface area contributed by atoms with Gasteiger partial charge >= 0.3 is 0 Å². The molecular formula is C11H20ClNO3. The van der Waals surface area contributed by atoms with Gasteiger partial charge in [-0.2, -0.15) is 0 Å². The molecule has 0 aliphatic carbocycles. The van der Waals surface area contributed by atoms with Crippen molar-refractivity contribution in [1.82, 2.24) is 4.90 Å². The van der Waals surface area contributed by atoms with Gasteiger partial charge in [0.05, 0.1) is 18.1 Å². The van der Waals surface area contributed by atoms with Gasteiger partial charge in [0.1, 0.15) is 6.61 Å². The molecule has 0 aromatic carbocycles. The van der Waals surface area contributed by atoms with Crippen LogP contribution in [0.15, 0.2) is 0 Å². The quantitative estimate of drug-likeness (QED) is 0.544. The van der Waals surface area contributed by atoms with Crippen LogP contribution in [-0.4, -0.2) is 55.2 Å². The van der Waals surface area contributed by atoms with Crippen molar-refractivity contribution in [3.63, 3.8) is 0 Å². The van der Waals surface area contributed by atoms with E-state index in [2.05, 4.69) is 0 Å². The molecule has 16 heavy (non-hydrogen) atoms. The van der Waals surface area contributed by atoms with E-state index in [4.69, 9.17) is 21.1 Å². The lowest BCUT2D eigenvalue weighted by Gasteiger charge is -2.36. The van der Waals surface area contributed by atoms with Gasteiger partial charge in [0.2, 0.25) is 5.91 Å². The summed E-state index contributed by atoms with van der Waals surface area (Å²) in [7, 11) is 0. The van der Waals surface area contributed by atoms with E-state index in [1.807, 2.05) is 13.8 Å². The smallest absolute Gasteiger partial charge is 0.248 e. The van der Waals surface area contributed by atoms with E-state index in [1.165, 1.54) is 0 Å². The standard InChI is InChI=1S/C11H20ClNO3/c1-3-4-15-8-11(14)13-6-9(2)16-10(5-12)7-13/h9-10H,3-8H2,1-2H3. The lowest BCUT2D eigenvalue weighted by Crippen LogP contribution is -2.50. The maximum absolute atomic E-state index is 11.8. The largest absolute Gasteiger partial charge is 0.372 e. The molecule has 0 bridgehead atoms. The number of hydrogen-bond donors (Lipinski definition) is 0. The van der Waals surface area contributed by atoms with Crippen LogP contribution in [0, 0.1) is 0 Å². The number of morpholine rings is 1. The second-order valence-corrected chi connectivity index (χ2v) is 4.38. The van der Waals surface area contributed by atoms with Crippen LogP contribution in [0.5, 0.6) is 0 Å². The number of carbonyl (C=O) groups is 1. The molecular weight excluding hydrogens is 230 g/mol. The van der Waals surface area contributed by atoms with E-state index in [-0.39, 0.29) is 24.7 Å². The molecule has 2 unspecified atom stereocenters. The molecule has 1 fully saturated rings. The molecule has 5 heteroatoms. The summed E-state index contributed by atoms with van der Waals surface area (Å²) in [5, 5.41) is 0. The van der Waals surface area contributed by atoms with Crippen molar-refractivity contribution in [2.24, 2.45) is 0 Å². The summed E-state index contributed by atoms with van der Waals surface area (Å²) in [5.41, 5.74) is 0. The van der Waals surface area contributed by atoms with Crippen molar-refractivity contribution in [2.75, 3.05) is 32.2 Å². The fourth-order valence-electron chi connectivity index (χ4n) is 1.73. The topological polar surface area (TPSA) is 38.8 Å². The van der Waals surface area contributed by atoms with E-state index >= 15 is 0 Å². The number of ether oxygens (including phenoxy) is 2. The summed E-state index contributed by atoms with van der Waals surface area (Å²) in [5.74, 6) is 0.447. The molecule has 0 radical (unpaired) electrons. The normalized spacial score (nSPS) is 25.8. The van der Waals surface area contributed by atoms with E-state index < -0.39 is 0 Å². The van der Waals surface area contributed by atoms with Crippen LogP contribution < -0.4 is 0 Å². The minimum absolute atomic E-state index is 0.0266. The molecule has 1 rings (SSSR count). The average Bonchev–Trinajstić information content (AvgIpc) is 2.28. The molecule has 0 saturated carbocycles. The monoisotopic (exact) mass is 249 g/mol. The number of hydrogen-bond acceptors (Lipinski definition) is 3. The van der Waals surface area contributed by atoms with Crippen molar-refractivity contribution < 1.29 is 14.3 Å². The fraction of sp³-hybridized carbons (Fsp3) is 0.909. The third-order valence-electron chi connectivity index (χ3n) is 2.43. The Morgan fingerprint density at radius 1 is 1.56 bits per heavy atom. The Labute approximate surface area is 102 Å². The van der Waals surface area contributed by atoms with Crippen molar-refractivity contribution in [2.45, 2.75) is 32.5 Å². The highest BCUT2D eigenvalue weighted by molar-refractivity contribution is 6.18. The van der Waals surface area contributed by atoms with Crippen LogP contribution in [0.1, 0.15) is 20.3 Å². The third kappa shape index (κ3) is 4.28. The van der Waals surface area contributed by atoms with Gasteiger partial charge in [-0.1, -0.05) is 6.92 Å². The van der Waals surface area contributed by atoms with Crippen molar-refractivity contribution >= 4 is 17.5 Å². The summed E-state index contributed by atoms with van der Waals surface area (Å²) in [6, 6.07) is 0. The third-order valence-corrected chi connectivity index (χ3v) is 2.77. The summed E-state index contributed by atoms with van der Waals surface area (Å²) in [6.07, 6.45) is 0.921. The Morgan fingerprint density at radius 3 is 2.94 bits per heavy atom. The minimum atomic E-state index is -0.0551. The zero-order chi connectivity index (χ0) is 12.0. The summed E-state index contributed by atoms with van der Waals surface area (Å²) < 4.78 is 10.8. The Kier molecular flexibility index (Phi) is 6.09. The van der Waals surface area contributed by atoms with E-state index in [1.54, 1.807) is 4.90 Å². The second-order valence-electron chi connectivity index (χ2n) is 4.07. The number of nitrogens with zero attached hydrogens (tertiary/aromatic N) is 1. The first-order valence-corrected chi connectivity index (χ1v) is 6.27. The van der Waals surface area contributed by atoms with E-state index in [0.717, 1.165) is 6.42 Å². The van der Waals surface area contributed by atoms with Gasteiger partial charge in [0, 0.05) is 19.7 Å². The van der Waals surface area contributed by atoms with Gasteiger partial charge < -0.3 is 14.4 Å². The molecule has 94 valence electrons. The fourth-order valence-corrected chi connectivity index (χ4v) is 1.90. The van der Waals surface area contributed by atoms with Gasteiger partial charge in [-0.05, 0) is 13.3 Å². The zero-order valence-corrected chi connectivity index (χ0v) is 10.7. The summed E-state index contributed by atoms with van der Waals surface area (Å²) >= 11 is 5.75. The number of amides is 1. The molecule has 0 N–H and O–H groups in total. The maximum atomic E-state index is 11.8. The van der Waals surface area contributed by atoms with Crippen molar-refractivity contribution in [1.29, 1.82) is 0 Å². The first-order chi connectivity index (χ1) is 7.67. The Morgan fingerprint density at radius 2 is 2.31 bits per heavy atom. The van der Waals surface area contributed by atoms with Gasteiger partial charge in [-0.3, -0.25) is 4.79 Å². The van der Waals surface area contributed by atoms with Crippen molar-refractivity contribution in [3.8, 4) is 0 Å². The van der Waals surface area contributed by atoms with Crippen LogP contribution in [0.4, 0.5) is 0 Å². The van der Waals surface area contributed by atoms with Gasteiger partial charge in [-0.25, -0.2) is 0 Å². The molecule has 1 heterocycles. The Hall–Kier alpha value is -0.320. The Balaban J connectivity index is 2.36. The number of alkyl halides is 1. The van der Waals surface area contributed by atoms with Crippen LogP contribution in [0.3, 0.4) is 0 Å². The highest BCUT2D eigenvalue weighted by Gasteiger charge is 2.27. The molecule has 0 aromatic rings. The zero-order valence-electron chi connectivity index (χ0n) is 9.95. The van der Waals surface area contributed by atoms with Crippen LogP contribution in [0.25, 0.3) is 0 Å². The summed E-state index contributed by atoms with van der Waals surface area (Å²) in [4.78, 5) is 13.6. The van der Waals surface area contributed by atoms with Gasteiger partial charge in [-0.15, -0.1) is 11.6 Å². The molecule has 1 amide bonds. The molecule has 0 spiro atoms. The average molecular weight is 250 g/mol. The first-order valence-electron chi connectivity index (χ1n) is 5.74. The van der Waals surface area contributed by atoms with Gasteiger partial charge in [0.25, 0.3) is 0 Å². The highest BCUT2D eigenvalue weighted by atomic mass is 35.5. The summed E-state index contributed by atoms with van der Waals surface area (Å²) in [6.45, 7) is 5.96.